The van der Waals surface area contributed by atoms with Crippen LogP contribution in [0.15, 0.2) is 6.07 Å². The summed E-state index contributed by atoms with van der Waals surface area (Å²) in [5, 5.41) is 14.2. The Morgan fingerprint density at radius 3 is 2.67 bits per heavy atom. The molecule has 1 aromatic rings. The predicted molar refractivity (Wildman–Crippen MR) is 82.3 cm³/mol. The van der Waals surface area contributed by atoms with Gasteiger partial charge in [-0.2, -0.15) is 5.10 Å². The number of aromatic nitrogens is 2. The average molecular weight is 293 g/mol. The normalized spacial score (nSPS) is 20.3. The SMILES string of the molecule is CCC(CC)n1nc(C(=O)N2CCC(C(C)O)C2)cc1C. The molecule has 2 atom stereocenters. The molecule has 0 saturated carbocycles. The number of amides is 1. The van der Waals surface area contributed by atoms with Crippen LogP contribution in [-0.4, -0.2) is 44.9 Å². The second-order valence-corrected chi connectivity index (χ2v) is 6.13. The lowest BCUT2D eigenvalue weighted by atomic mass is 10.0. The third-order valence-electron chi connectivity index (χ3n) is 4.62. The molecule has 0 spiro atoms. The lowest BCUT2D eigenvalue weighted by Gasteiger charge is -2.17. The fourth-order valence-corrected chi connectivity index (χ4v) is 3.12. The highest BCUT2D eigenvalue weighted by Crippen LogP contribution is 2.23. The number of nitrogens with zero attached hydrogens (tertiary/aromatic N) is 3. The van der Waals surface area contributed by atoms with Crippen molar-refractivity contribution in [2.24, 2.45) is 5.92 Å². The number of likely N-dealkylation sites (tertiary alicyclic amines) is 1. The standard InChI is InChI=1S/C16H27N3O2/c1-5-14(6-2)19-11(3)9-15(17-19)16(21)18-8-7-13(10-18)12(4)20/h9,12-14,20H,5-8,10H2,1-4H3. The van der Waals surface area contributed by atoms with E-state index in [0.717, 1.165) is 25.0 Å². The van der Waals surface area contributed by atoms with Gasteiger partial charge < -0.3 is 10.0 Å². The fraction of sp³-hybridized carbons (Fsp3) is 0.750. The molecule has 0 aliphatic carbocycles. The summed E-state index contributed by atoms with van der Waals surface area (Å²) in [4.78, 5) is 14.4. The summed E-state index contributed by atoms with van der Waals surface area (Å²) in [6.07, 6.45) is 2.54. The fourth-order valence-electron chi connectivity index (χ4n) is 3.12. The zero-order chi connectivity index (χ0) is 15.6. The summed E-state index contributed by atoms with van der Waals surface area (Å²) in [6, 6.07) is 2.24. The van der Waals surface area contributed by atoms with Gasteiger partial charge in [0.05, 0.1) is 12.1 Å². The van der Waals surface area contributed by atoms with Crippen molar-refractivity contribution in [2.75, 3.05) is 13.1 Å². The van der Waals surface area contributed by atoms with Crippen molar-refractivity contribution in [3.05, 3.63) is 17.5 Å². The molecule has 2 unspecified atom stereocenters. The van der Waals surface area contributed by atoms with Crippen molar-refractivity contribution in [1.82, 2.24) is 14.7 Å². The average Bonchev–Trinajstić information content (AvgIpc) is 3.07. The maximum atomic E-state index is 12.5. The van der Waals surface area contributed by atoms with Crippen LogP contribution in [0.4, 0.5) is 0 Å². The van der Waals surface area contributed by atoms with E-state index in [9.17, 15) is 9.90 Å². The van der Waals surface area contributed by atoms with Crippen molar-refractivity contribution in [3.63, 3.8) is 0 Å². The molecule has 2 rings (SSSR count). The first-order valence-electron chi connectivity index (χ1n) is 8.01. The zero-order valence-electron chi connectivity index (χ0n) is 13.5. The lowest BCUT2D eigenvalue weighted by molar-refractivity contribution is 0.0755. The van der Waals surface area contributed by atoms with Crippen molar-refractivity contribution in [1.29, 1.82) is 0 Å². The maximum absolute atomic E-state index is 12.5. The predicted octanol–water partition coefficient (Wildman–Crippen LogP) is 2.40. The van der Waals surface area contributed by atoms with Crippen molar-refractivity contribution >= 4 is 5.91 Å². The Morgan fingerprint density at radius 2 is 2.14 bits per heavy atom. The third-order valence-corrected chi connectivity index (χ3v) is 4.62. The molecule has 1 amide bonds. The number of aliphatic hydroxyl groups is 1. The van der Waals surface area contributed by atoms with Gasteiger partial charge in [0, 0.05) is 24.7 Å². The smallest absolute Gasteiger partial charge is 0.274 e. The van der Waals surface area contributed by atoms with E-state index in [0.29, 0.717) is 24.8 Å². The number of carbonyl (C=O) groups is 1. The van der Waals surface area contributed by atoms with E-state index >= 15 is 0 Å². The molecule has 1 aromatic heterocycles. The molecule has 5 nitrogen and oxygen atoms in total. The van der Waals surface area contributed by atoms with Crippen LogP contribution in [0.5, 0.6) is 0 Å². The topological polar surface area (TPSA) is 58.4 Å². The highest BCUT2D eigenvalue weighted by molar-refractivity contribution is 5.92. The van der Waals surface area contributed by atoms with Crippen LogP contribution in [-0.2, 0) is 0 Å². The van der Waals surface area contributed by atoms with Crippen LogP contribution < -0.4 is 0 Å². The van der Waals surface area contributed by atoms with Crippen LogP contribution in [0.3, 0.4) is 0 Å². The molecule has 1 aliphatic rings. The number of carbonyl (C=O) groups excluding carboxylic acids is 1. The van der Waals surface area contributed by atoms with Crippen molar-refractivity contribution in [3.8, 4) is 0 Å². The van der Waals surface area contributed by atoms with Gasteiger partial charge in [-0.05, 0) is 39.2 Å². The molecule has 5 heteroatoms. The minimum atomic E-state index is -0.355. The molecule has 1 N–H and O–H groups in total. The molecule has 1 fully saturated rings. The van der Waals surface area contributed by atoms with Gasteiger partial charge in [-0.1, -0.05) is 13.8 Å². The molecule has 118 valence electrons. The molecule has 1 saturated heterocycles. The van der Waals surface area contributed by atoms with E-state index in [1.165, 1.54) is 0 Å². The molecular weight excluding hydrogens is 266 g/mol. The molecule has 0 bridgehead atoms. The first kappa shape index (κ1) is 16.0. The van der Waals surface area contributed by atoms with Crippen LogP contribution >= 0.6 is 0 Å². The summed E-state index contributed by atoms with van der Waals surface area (Å²) in [5.74, 6) is 0.183. The monoisotopic (exact) mass is 293 g/mol. The maximum Gasteiger partial charge on any atom is 0.274 e. The Balaban J connectivity index is 2.12. The summed E-state index contributed by atoms with van der Waals surface area (Å²) in [5.41, 5.74) is 1.57. The van der Waals surface area contributed by atoms with Gasteiger partial charge in [-0.15, -0.1) is 0 Å². The molecule has 21 heavy (non-hydrogen) atoms. The Labute approximate surface area is 126 Å². The molecule has 0 radical (unpaired) electrons. The van der Waals surface area contributed by atoms with Gasteiger partial charge in [0.15, 0.2) is 5.69 Å². The van der Waals surface area contributed by atoms with E-state index in [4.69, 9.17) is 0 Å². The van der Waals surface area contributed by atoms with Gasteiger partial charge >= 0.3 is 0 Å². The minimum Gasteiger partial charge on any atom is -0.393 e. The van der Waals surface area contributed by atoms with E-state index in [1.54, 1.807) is 6.92 Å². The van der Waals surface area contributed by atoms with Gasteiger partial charge in [0.1, 0.15) is 0 Å². The second-order valence-electron chi connectivity index (χ2n) is 6.13. The van der Waals surface area contributed by atoms with Crippen molar-refractivity contribution in [2.45, 2.75) is 59.1 Å². The summed E-state index contributed by atoms with van der Waals surface area (Å²) < 4.78 is 1.98. The van der Waals surface area contributed by atoms with Crippen LogP contribution in [0.1, 0.15) is 62.3 Å². The summed E-state index contributed by atoms with van der Waals surface area (Å²) in [7, 11) is 0. The number of hydrogen-bond acceptors (Lipinski definition) is 3. The van der Waals surface area contributed by atoms with Gasteiger partial charge in [-0.3, -0.25) is 9.48 Å². The van der Waals surface area contributed by atoms with Gasteiger partial charge in [0.2, 0.25) is 0 Å². The minimum absolute atomic E-state index is 0.00837. The highest BCUT2D eigenvalue weighted by Gasteiger charge is 2.31. The second kappa shape index (κ2) is 6.60. The van der Waals surface area contributed by atoms with E-state index in [2.05, 4.69) is 18.9 Å². The Bertz CT molecular complexity index is 492. The largest absolute Gasteiger partial charge is 0.393 e. The van der Waals surface area contributed by atoms with E-state index < -0.39 is 0 Å². The number of hydrogen-bond donors (Lipinski definition) is 1. The van der Waals surface area contributed by atoms with Gasteiger partial charge in [0.25, 0.3) is 5.91 Å². The Hall–Kier alpha value is -1.36. The van der Waals surface area contributed by atoms with Gasteiger partial charge in [-0.25, -0.2) is 0 Å². The Kier molecular flexibility index (Phi) is 5.04. The summed E-state index contributed by atoms with van der Waals surface area (Å²) >= 11 is 0. The summed E-state index contributed by atoms with van der Waals surface area (Å²) in [6.45, 7) is 9.43. The van der Waals surface area contributed by atoms with Crippen molar-refractivity contribution < 1.29 is 9.90 Å². The van der Waals surface area contributed by atoms with Crippen LogP contribution in [0.2, 0.25) is 0 Å². The first-order valence-corrected chi connectivity index (χ1v) is 8.01. The van der Waals surface area contributed by atoms with E-state index in [1.807, 2.05) is 22.6 Å². The van der Waals surface area contributed by atoms with Crippen LogP contribution in [0, 0.1) is 12.8 Å². The first-order chi connectivity index (χ1) is 9.97. The lowest BCUT2D eigenvalue weighted by Crippen LogP contribution is -2.30. The molecular formula is C16H27N3O2. The third kappa shape index (κ3) is 3.28. The molecule has 0 aromatic carbocycles. The highest BCUT2D eigenvalue weighted by atomic mass is 16.3. The molecule has 2 heterocycles. The number of rotatable bonds is 5. The van der Waals surface area contributed by atoms with Crippen LogP contribution in [0.25, 0.3) is 0 Å². The molecule has 1 aliphatic heterocycles. The number of aliphatic hydroxyl groups excluding tert-OH is 1. The Morgan fingerprint density at radius 1 is 1.48 bits per heavy atom. The van der Waals surface area contributed by atoms with E-state index in [-0.39, 0.29) is 17.9 Å². The number of aryl methyl sites for hydroxylation is 1. The zero-order valence-corrected chi connectivity index (χ0v) is 13.5. The quantitative estimate of drug-likeness (QED) is 0.907.